The zero-order valence-electron chi connectivity index (χ0n) is 11.6. The first-order valence-corrected chi connectivity index (χ1v) is 7.39. The Hall–Kier alpha value is -0.940. The molecule has 120 valence electrons. The highest BCUT2D eigenvalue weighted by molar-refractivity contribution is 14.0. The Kier molecular flexibility index (Phi) is 5.61. The van der Waals surface area contributed by atoms with Crippen LogP contribution in [0.5, 0.6) is 0 Å². The Bertz CT molecular complexity index is 694. The highest BCUT2D eigenvalue weighted by atomic mass is 127. The van der Waals surface area contributed by atoms with E-state index in [9.17, 15) is 9.18 Å². The summed E-state index contributed by atoms with van der Waals surface area (Å²) in [5.41, 5.74) is 7.05. The van der Waals surface area contributed by atoms with E-state index in [0.29, 0.717) is 24.3 Å². The summed E-state index contributed by atoms with van der Waals surface area (Å²) >= 11 is 3.38. The van der Waals surface area contributed by atoms with Crippen molar-refractivity contribution in [3.8, 4) is 0 Å². The average Bonchev–Trinajstić information content (AvgIpc) is 3.03. The van der Waals surface area contributed by atoms with Crippen LogP contribution >= 0.6 is 39.9 Å². The van der Waals surface area contributed by atoms with Crippen molar-refractivity contribution in [3.63, 3.8) is 0 Å². The van der Waals surface area contributed by atoms with E-state index in [0.717, 1.165) is 9.99 Å². The Morgan fingerprint density at radius 1 is 1.59 bits per heavy atom. The third-order valence-corrected chi connectivity index (χ3v) is 4.17. The molecule has 1 fully saturated rings. The molecule has 0 aliphatic carbocycles. The number of amides is 1. The Morgan fingerprint density at radius 3 is 3.05 bits per heavy atom. The molecule has 4 N–H and O–H groups in total. The molecule has 1 aliphatic rings. The highest BCUT2D eigenvalue weighted by Gasteiger charge is 2.28. The van der Waals surface area contributed by atoms with Crippen LogP contribution in [0.25, 0.3) is 5.52 Å². The number of nitrogens with zero attached hydrogens (tertiary/aromatic N) is 2. The first-order chi connectivity index (χ1) is 10.1. The van der Waals surface area contributed by atoms with Gasteiger partial charge in [0, 0.05) is 35.7 Å². The number of hydrogen-bond acceptors (Lipinski definition) is 4. The number of aromatic nitrogens is 2. The molecule has 2 aromatic heterocycles. The molecular formula is C13H16BrFIN5O. The lowest BCUT2D eigenvalue weighted by Gasteiger charge is -2.20. The van der Waals surface area contributed by atoms with Gasteiger partial charge in [0.15, 0.2) is 0 Å². The molecule has 3 heterocycles. The largest absolute Gasteiger partial charge is 0.378 e. The third-order valence-electron chi connectivity index (χ3n) is 3.74. The number of fused-ring (bicyclic) bond motifs is 1. The summed E-state index contributed by atoms with van der Waals surface area (Å²) < 4.78 is 15.5. The van der Waals surface area contributed by atoms with Crippen LogP contribution in [0.3, 0.4) is 0 Å². The van der Waals surface area contributed by atoms with Gasteiger partial charge in [-0.3, -0.25) is 9.18 Å². The topological polar surface area (TPSA) is 84.5 Å². The minimum absolute atomic E-state index is 0. The van der Waals surface area contributed by atoms with Crippen molar-refractivity contribution in [2.75, 3.05) is 25.1 Å². The number of rotatable bonds is 4. The van der Waals surface area contributed by atoms with E-state index in [1.54, 1.807) is 10.7 Å². The number of hydrogen-bond donors (Lipinski definition) is 3. The summed E-state index contributed by atoms with van der Waals surface area (Å²) in [5, 5.41) is 10.6. The predicted molar refractivity (Wildman–Crippen MR) is 96.6 cm³/mol. The number of carbonyl (C=O) groups is 1. The Morgan fingerprint density at radius 2 is 2.36 bits per heavy atom. The first-order valence-electron chi connectivity index (χ1n) is 6.60. The van der Waals surface area contributed by atoms with Gasteiger partial charge in [0.05, 0.1) is 29.6 Å². The van der Waals surface area contributed by atoms with Crippen LogP contribution in [0.1, 0.15) is 10.4 Å². The monoisotopic (exact) mass is 483 g/mol. The van der Waals surface area contributed by atoms with Gasteiger partial charge in [-0.1, -0.05) is 0 Å². The molecule has 3 rings (SSSR count). The molecule has 1 saturated heterocycles. The number of anilines is 1. The second-order valence-electron chi connectivity index (χ2n) is 5.11. The van der Waals surface area contributed by atoms with Crippen molar-refractivity contribution < 1.29 is 9.18 Å². The zero-order chi connectivity index (χ0) is 15.0. The number of nitrogens with two attached hydrogens (primary N) is 1. The lowest BCUT2D eigenvalue weighted by molar-refractivity contribution is 0.100. The molecular weight excluding hydrogens is 468 g/mol. The normalized spacial score (nSPS) is 20.8. The van der Waals surface area contributed by atoms with Crippen molar-refractivity contribution in [2.45, 2.75) is 6.04 Å². The maximum absolute atomic E-state index is 13.0. The average molecular weight is 484 g/mol. The van der Waals surface area contributed by atoms with E-state index in [1.165, 1.54) is 6.20 Å². The lowest BCUT2D eigenvalue weighted by Crippen LogP contribution is -2.31. The number of nitrogens with one attached hydrogen (secondary N) is 2. The SMILES string of the molecule is I.NC(=O)c1cnn2cc(Br)cc2c1N[C@@H]1CNC[C@@H]1CF. The van der Waals surface area contributed by atoms with Gasteiger partial charge in [-0.05, 0) is 22.0 Å². The van der Waals surface area contributed by atoms with E-state index in [-0.39, 0.29) is 35.9 Å². The maximum Gasteiger partial charge on any atom is 0.252 e. The molecule has 0 aromatic carbocycles. The fourth-order valence-corrected chi connectivity index (χ4v) is 3.02. The molecule has 0 spiro atoms. The summed E-state index contributed by atoms with van der Waals surface area (Å²) in [6.45, 7) is 0.845. The third kappa shape index (κ3) is 3.20. The minimum Gasteiger partial charge on any atom is -0.378 e. The van der Waals surface area contributed by atoms with Gasteiger partial charge in [-0.15, -0.1) is 24.0 Å². The summed E-state index contributed by atoms with van der Waals surface area (Å²) in [4.78, 5) is 11.6. The number of halogens is 3. The van der Waals surface area contributed by atoms with Gasteiger partial charge < -0.3 is 16.4 Å². The van der Waals surface area contributed by atoms with Gasteiger partial charge >= 0.3 is 0 Å². The molecule has 1 aliphatic heterocycles. The van der Waals surface area contributed by atoms with Crippen LogP contribution in [-0.4, -0.2) is 41.3 Å². The van der Waals surface area contributed by atoms with Crippen LogP contribution in [0.4, 0.5) is 10.1 Å². The van der Waals surface area contributed by atoms with E-state index in [1.807, 2.05) is 6.07 Å². The smallest absolute Gasteiger partial charge is 0.252 e. The molecule has 2 aromatic rings. The second-order valence-corrected chi connectivity index (χ2v) is 6.02. The summed E-state index contributed by atoms with van der Waals surface area (Å²) in [6, 6.07) is 1.75. The van der Waals surface area contributed by atoms with Gasteiger partial charge in [0.2, 0.25) is 0 Å². The molecule has 22 heavy (non-hydrogen) atoms. The second kappa shape index (κ2) is 7.09. The van der Waals surface area contributed by atoms with E-state index in [2.05, 4.69) is 31.7 Å². The Balaban J connectivity index is 0.00000176. The first kappa shape index (κ1) is 17.4. The molecule has 0 radical (unpaired) electrons. The van der Waals surface area contributed by atoms with Crippen LogP contribution in [0.2, 0.25) is 0 Å². The maximum atomic E-state index is 13.0. The van der Waals surface area contributed by atoms with Crippen LogP contribution < -0.4 is 16.4 Å². The van der Waals surface area contributed by atoms with Gasteiger partial charge in [0.1, 0.15) is 0 Å². The van der Waals surface area contributed by atoms with E-state index >= 15 is 0 Å². The van der Waals surface area contributed by atoms with Crippen molar-refractivity contribution in [1.29, 1.82) is 0 Å². The summed E-state index contributed by atoms with van der Waals surface area (Å²) in [5.74, 6) is -0.690. The lowest BCUT2D eigenvalue weighted by atomic mass is 10.0. The molecule has 0 unspecified atom stereocenters. The van der Waals surface area contributed by atoms with Crippen LogP contribution in [0.15, 0.2) is 22.9 Å². The number of primary amides is 1. The van der Waals surface area contributed by atoms with Gasteiger partial charge in [-0.2, -0.15) is 5.10 Å². The molecule has 0 saturated carbocycles. The standard InChI is InChI=1S/C13H15BrFN5O.HI/c14-8-1-11-12(19-10-5-17-3-7(10)2-15)9(13(16)21)4-18-20(11)6-8;/h1,4,6-7,10,17,19H,2-3,5H2,(H2,16,21);1H/t7-,10+;/m0./s1. The molecule has 9 heteroatoms. The fourth-order valence-electron chi connectivity index (χ4n) is 2.61. The zero-order valence-corrected chi connectivity index (χ0v) is 15.5. The highest BCUT2D eigenvalue weighted by Crippen LogP contribution is 2.27. The molecule has 6 nitrogen and oxygen atoms in total. The van der Waals surface area contributed by atoms with Crippen molar-refractivity contribution in [2.24, 2.45) is 11.7 Å². The van der Waals surface area contributed by atoms with Gasteiger partial charge in [-0.25, -0.2) is 4.52 Å². The minimum atomic E-state index is -0.562. The van der Waals surface area contributed by atoms with E-state index < -0.39 is 12.6 Å². The van der Waals surface area contributed by atoms with Crippen molar-refractivity contribution in [3.05, 3.63) is 28.5 Å². The summed E-state index contributed by atoms with van der Waals surface area (Å²) in [7, 11) is 0. The quantitative estimate of drug-likeness (QED) is 0.579. The number of alkyl halides is 1. The fraction of sp³-hybridized carbons (Fsp3) is 0.385. The van der Waals surface area contributed by atoms with Crippen molar-refractivity contribution >= 4 is 57.0 Å². The molecule has 2 atom stereocenters. The van der Waals surface area contributed by atoms with Crippen molar-refractivity contribution in [1.82, 2.24) is 14.9 Å². The van der Waals surface area contributed by atoms with E-state index in [4.69, 9.17) is 5.73 Å². The Labute approximate surface area is 152 Å². The molecule has 0 bridgehead atoms. The van der Waals surface area contributed by atoms with Gasteiger partial charge in [0.25, 0.3) is 5.91 Å². The van der Waals surface area contributed by atoms with Crippen LogP contribution in [-0.2, 0) is 0 Å². The molecule has 1 amide bonds. The number of carbonyl (C=O) groups excluding carboxylic acids is 1. The predicted octanol–water partition coefficient (Wildman–Crippen LogP) is 1.78. The van der Waals surface area contributed by atoms with Crippen LogP contribution in [0, 0.1) is 5.92 Å². The summed E-state index contributed by atoms with van der Waals surface area (Å²) in [6.07, 6.45) is 3.21.